The van der Waals surface area contributed by atoms with Crippen molar-refractivity contribution >= 4 is 11.6 Å². The molecule has 1 amide bonds. The molecule has 0 aromatic heterocycles. The van der Waals surface area contributed by atoms with E-state index in [-0.39, 0.29) is 23.7 Å². The largest absolute Gasteiger partial charge is 0.392 e. The number of anilines is 1. The summed E-state index contributed by atoms with van der Waals surface area (Å²) in [5.41, 5.74) is 0.899. The van der Waals surface area contributed by atoms with Gasteiger partial charge in [-0.2, -0.15) is 0 Å². The number of hydrogen-bond acceptors (Lipinski definition) is 3. The second-order valence-electron chi connectivity index (χ2n) is 6.35. The summed E-state index contributed by atoms with van der Waals surface area (Å²) in [4.78, 5) is 14.3. The maximum Gasteiger partial charge on any atom is 0.225 e. The highest BCUT2D eigenvalue weighted by atomic mass is 19.1. The van der Waals surface area contributed by atoms with Crippen molar-refractivity contribution in [2.45, 2.75) is 44.2 Å². The lowest BCUT2D eigenvalue weighted by Gasteiger charge is -2.34. The van der Waals surface area contributed by atoms with Gasteiger partial charge in [0.15, 0.2) is 0 Å². The third-order valence-corrected chi connectivity index (χ3v) is 4.83. The number of halogens is 1. The predicted octanol–water partition coefficient (Wildman–Crippen LogP) is 2.07. The van der Waals surface area contributed by atoms with Crippen LogP contribution in [0.2, 0.25) is 0 Å². The molecule has 22 heavy (non-hydrogen) atoms. The van der Waals surface area contributed by atoms with Crippen molar-refractivity contribution < 1.29 is 14.3 Å². The van der Waals surface area contributed by atoms with Crippen molar-refractivity contribution in [2.24, 2.45) is 5.92 Å². The molecule has 1 saturated heterocycles. The summed E-state index contributed by atoms with van der Waals surface area (Å²) in [6, 6.07) is 6.79. The quantitative estimate of drug-likeness (QED) is 0.899. The van der Waals surface area contributed by atoms with Gasteiger partial charge in [-0.25, -0.2) is 4.39 Å². The molecule has 0 radical (unpaired) electrons. The first-order valence-corrected chi connectivity index (χ1v) is 8.12. The minimum Gasteiger partial charge on any atom is -0.392 e. The molecule has 2 atom stereocenters. The molecular weight excluding hydrogens is 283 g/mol. The number of carbonyl (C=O) groups excluding carboxylic acids is 1. The molecule has 5 heteroatoms. The molecule has 0 bridgehead atoms. The van der Waals surface area contributed by atoms with E-state index in [9.17, 15) is 14.3 Å². The zero-order chi connectivity index (χ0) is 15.5. The van der Waals surface area contributed by atoms with Crippen LogP contribution in [0.5, 0.6) is 0 Å². The third kappa shape index (κ3) is 3.40. The van der Waals surface area contributed by atoms with Gasteiger partial charge in [0, 0.05) is 24.8 Å². The summed E-state index contributed by atoms with van der Waals surface area (Å²) in [6.45, 7) is 1.61. The van der Waals surface area contributed by atoms with Crippen LogP contribution in [0, 0.1) is 11.7 Å². The van der Waals surface area contributed by atoms with E-state index in [0.717, 1.165) is 50.9 Å². The number of aliphatic hydroxyl groups is 1. The van der Waals surface area contributed by atoms with Crippen molar-refractivity contribution in [3.63, 3.8) is 0 Å². The minimum absolute atomic E-state index is 0.00537. The Kier molecular flexibility index (Phi) is 4.62. The fourth-order valence-corrected chi connectivity index (χ4v) is 3.51. The smallest absolute Gasteiger partial charge is 0.225 e. The van der Waals surface area contributed by atoms with E-state index < -0.39 is 6.10 Å². The van der Waals surface area contributed by atoms with Crippen molar-refractivity contribution in [1.82, 2.24) is 5.32 Å². The Morgan fingerprint density at radius 3 is 2.64 bits per heavy atom. The molecule has 2 fully saturated rings. The van der Waals surface area contributed by atoms with Crippen LogP contribution < -0.4 is 10.2 Å². The number of benzene rings is 1. The van der Waals surface area contributed by atoms with Gasteiger partial charge in [0.2, 0.25) is 5.91 Å². The molecule has 2 aliphatic rings. The summed E-state index contributed by atoms with van der Waals surface area (Å²) in [5, 5.41) is 12.9. The average Bonchev–Trinajstić information content (AvgIpc) is 2.94. The molecule has 1 saturated carbocycles. The van der Waals surface area contributed by atoms with Crippen LogP contribution in [0.1, 0.15) is 32.1 Å². The lowest BCUT2D eigenvalue weighted by atomic mass is 10.0. The Bertz CT molecular complexity index is 529. The summed E-state index contributed by atoms with van der Waals surface area (Å²) >= 11 is 0. The number of aliphatic hydroxyl groups excluding tert-OH is 1. The molecule has 120 valence electrons. The van der Waals surface area contributed by atoms with E-state index in [1.54, 1.807) is 12.1 Å². The Morgan fingerprint density at radius 2 is 2.00 bits per heavy atom. The fourth-order valence-electron chi connectivity index (χ4n) is 3.51. The first kappa shape index (κ1) is 15.3. The SMILES string of the molecule is O=C(NC1CCN(c2cccc(F)c2)CC1)C1CCCC1O. The lowest BCUT2D eigenvalue weighted by Crippen LogP contribution is -2.47. The molecule has 1 aliphatic carbocycles. The third-order valence-electron chi connectivity index (χ3n) is 4.83. The molecule has 1 aliphatic heterocycles. The molecule has 3 rings (SSSR count). The second kappa shape index (κ2) is 6.65. The van der Waals surface area contributed by atoms with Gasteiger partial charge < -0.3 is 15.3 Å². The molecule has 1 heterocycles. The first-order chi connectivity index (χ1) is 10.6. The van der Waals surface area contributed by atoms with Crippen LogP contribution >= 0.6 is 0 Å². The van der Waals surface area contributed by atoms with Gasteiger partial charge in [-0.3, -0.25) is 4.79 Å². The number of rotatable bonds is 3. The highest BCUT2D eigenvalue weighted by molar-refractivity contribution is 5.79. The molecule has 2 N–H and O–H groups in total. The Morgan fingerprint density at radius 1 is 1.23 bits per heavy atom. The van der Waals surface area contributed by atoms with E-state index in [1.165, 1.54) is 6.07 Å². The predicted molar refractivity (Wildman–Crippen MR) is 83.1 cm³/mol. The molecule has 4 nitrogen and oxygen atoms in total. The van der Waals surface area contributed by atoms with Gasteiger partial charge in [-0.15, -0.1) is 0 Å². The van der Waals surface area contributed by atoms with E-state index in [0.29, 0.717) is 0 Å². The number of piperidine rings is 1. The maximum atomic E-state index is 13.3. The minimum atomic E-state index is -0.479. The number of carbonyl (C=O) groups is 1. The molecule has 0 spiro atoms. The fraction of sp³-hybridized carbons (Fsp3) is 0.588. The monoisotopic (exact) mass is 306 g/mol. The van der Waals surface area contributed by atoms with Crippen molar-refractivity contribution in [1.29, 1.82) is 0 Å². The zero-order valence-corrected chi connectivity index (χ0v) is 12.7. The van der Waals surface area contributed by atoms with E-state index in [1.807, 2.05) is 6.07 Å². The lowest BCUT2D eigenvalue weighted by molar-refractivity contribution is -0.128. The van der Waals surface area contributed by atoms with Gasteiger partial charge in [0.05, 0.1) is 12.0 Å². The van der Waals surface area contributed by atoms with Crippen LogP contribution in [-0.4, -0.2) is 36.2 Å². The van der Waals surface area contributed by atoms with E-state index >= 15 is 0 Å². The number of nitrogens with one attached hydrogen (secondary N) is 1. The molecule has 1 aromatic carbocycles. The van der Waals surface area contributed by atoms with E-state index in [4.69, 9.17) is 0 Å². The average molecular weight is 306 g/mol. The van der Waals surface area contributed by atoms with Gasteiger partial charge >= 0.3 is 0 Å². The van der Waals surface area contributed by atoms with Crippen molar-refractivity contribution in [3.8, 4) is 0 Å². The summed E-state index contributed by atoms with van der Waals surface area (Å²) in [7, 11) is 0. The summed E-state index contributed by atoms with van der Waals surface area (Å²) in [6.07, 6.45) is 3.67. The van der Waals surface area contributed by atoms with Gasteiger partial charge in [-0.1, -0.05) is 6.07 Å². The van der Waals surface area contributed by atoms with Crippen LogP contribution in [0.15, 0.2) is 24.3 Å². The normalized spacial score (nSPS) is 26.2. The highest BCUT2D eigenvalue weighted by Crippen LogP contribution is 2.26. The second-order valence-corrected chi connectivity index (χ2v) is 6.35. The summed E-state index contributed by atoms with van der Waals surface area (Å²) in [5.74, 6) is -0.460. The standard InChI is InChI=1S/C17H23FN2O2/c18-12-3-1-4-14(11-12)20-9-7-13(8-10-20)19-17(22)15-5-2-6-16(15)21/h1,3-4,11,13,15-16,21H,2,5-10H2,(H,19,22). The highest BCUT2D eigenvalue weighted by Gasteiger charge is 2.33. The number of hydrogen-bond donors (Lipinski definition) is 2. The molecule has 2 unspecified atom stereocenters. The van der Waals surface area contributed by atoms with Gasteiger partial charge in [-0.05, 0) is 50.3 Å². The first-order valence-electron chi connectivity index (χ1n) is 8.12. The number of amides is 1. The van der Waals surface area contributed by atoms with Crippen LogP contribution in [-0.2, 0) is 4.79 Å². The summed E-state index contributed by atoms with van der Waals surface area (Å²) < 4.78 is 13.3. The Labute approximate surface area is 130 Å². The zero-order valence-electron chi connectivity index (χ0n) is 12.7. The Balaban J connectivity index is 1.50. The van der Waals surface area contributed by atoms with Gasteiger partial charge in [0.1, 0.15) is 5.82 Å². The van der Waals surface area contributed by atoms with Crippen LogP contribution in [0.4, 0.5) is 10.1 Å². The molecular formula is C17H23FN2O2. The molecule has 1 aromatic rings. The Hall–Kier alpha value is -1.62. The van der Waals surface area contributed by atoms with E-state index in [2.05, 4.69) is 10.2 Å². The van der Waals surface area contributed by atoms with Gasteiger partial charge in [0.25, 0.3) is 0 Å². The van der Waals surface area contributed by atoms with Crippen molar-refractivity contribution in [3.05, 3.63) is 30.1 Å². The van der Waals surface area contributed by atoms with Crippen LogP contribution in [0.3, 0.4) is 0 Å². The topological polar surface area (TPSA) is 52.6 Å². The maximum absolute atomic E-state index is 13.3. The van der Waals surface area contributed by atoms with Crippen LogP contribution in [0.25, 0.3) is 0 Å². The number of nitrogens with zero attached hydrogens (tertiary/aromatic N) is 1. The van der Waals surface area contributed by atoms with Crippen molar-refractivity contribution in [2.75, 3.05) is 18.0 Å².